The Morgan fingerprint density at radius 3 is 2.40 bits per heavy atom. The summed E-state index contributed by atoms with van der Waals surface area (Å²) in [4.78, 5) is 0.0376. The van der Waals surface area contributed by atoms with Gasteiger partial charge in [-0.25, -0.2) is 17.5 Å². The average molecular weight is 303 g/mol. The molecule has 0 bridgehead atoms. The third-order valence-electron chi connectivity index (χ3n) is 3.50. The summed E-state index contributed by atoms with van der Waals surface area (Å²) in [5.41, 5.74) is 0.342. The highest BCUT2D eigenvalue weighted by molar-refractivity contribution is 7.89. The number of sulfonamides is 1. The Morgan fingerprint density at radius 2 is 1.90 bits per heavy atom. The molecule has 20 heavy (non-hydrogen) atoms. The van der Waals surface area contributed by atoms with Crippen molar-refractivity contribution in [3.63, 3.8) is 0 Å². The molecule has 0 saturated heterocycles. The topological polar surface area (TPSA) is 66.4 Å². The smallest absolute Gasteiger partial charge is 0.240 e. The van der Waals surface area contributed by atoms with E-state index in [9.17, 15) is 17.9 Å². The molecular formula is C14H22FNO3S. The number of halogens is 1. The lowest BCUT2D eigenvalue weighted by Gasteiger charge is -2.20. The van der Waals surface area contributed by atoms with E-state index in [2.05, 4.69) is 4.72 Å². The molecule has 1 atom stereocenters. The molecule has 114 valence electrons. The molecule has 0 aliphatic heterocycles. The van der Waals surface area contributed by atoms with Gasteiger partial charge in [0.1, 0.15) is 5.82 Å². The number of aliphatic hydroxyl groups is 1. The van der Waals surface area contributed by atoms with Gasteiger partial charge in [0.15, 0.2) is 0 Å². The number of rotatable bonds is 7. The number of aliphatic hydroxyl groups excluding tert-OH is 1. The van der Waals surface area contributed by atoms with Crippen LogP contribution in [0.2, 0.25) is 0 Å². The molecule has 0 heterocycles. The zero-order valence-electron chi connectivity index (χ0n) is 12.1. The summed E-state index contributed by atoms with van der Waals surface area (Å²) in [5, 5.41) is 9.95. The highest BCUT2D eigenvalue weighted by Gasteiger charge is 2.21. The number of hydrogen-bond acceptors (Lipinski definition) is 3. The van der Waals surface area contributed by atoms with Crippen LogP contribution in [0.25, 0.3) is 0 Å². The maximum absolute atomic E-state index is 13.0. The molecule has 1 unspecified atom stereocenters. The van der Waals surface area contributed by atoms with Crippen LogP contribution in [0.15, 0.2) is 23.1 Å². The van der Waals surface area contributed by atoms with Crippen LogP contribution < -0.4 is 4.72 Å². The van der Waals surface area contributed by atoms with Crippen LogP contribution in [0.5, 0.6) is 0 Å². The fourth-order valence-corrected chi connectivity index (χ4v) is 3.46. The zero-order chi connectivity index (χ0) is 15.3. The molecule has 0 amide bonds. The van der Waals surface area contributed by atoms with Gasteiger partial charge in [-0.3, -0.25) is 0 Å². The molecule has 1 rings (SSSR count). The quantitative estimate of drug-likeness (QED) is 0.811. The minimum Gasteiger partial charge on any atom is -0.391 e. The fourth-order valence-electron chi connectivity index (χ4n) is 2.19. The van der Waals surface area contributed by atoms with Crippen molar-refractivity contribution in [2.75, 3.05) is 6.54 Å². The van der Waals surface area contributed by atoms with Crippen LogP contribution in [-0.2, 0) is 10.0 Å². The van der Waals surface area contributed by atoms with E-state index >= 15 is 0 Å². The van der Waals surface area contributed by atoms with Gasteiger partial charge in [-0.05, 0) is 36.6 Å². The number of benzene rings is 1. The second-order valence-electron chi connectivity index (χ2n) is 4.91. The summed E-state index contributed by atoms with van der Waals surface area (Å²) in [6.07, 6.45) is 0.852. The van der Waals surface area contributed by atoms with E-state index in [0.29, 0.717) is 5.56 Å². The Morgan fingerprint density at radius 1 is 1.30 bits per heavy atom. The van der Waals surface area contributed by atoms with Gasteiger partial charge in [-0.15, -0.1) is 0 Å². The highest BCUT2D eigenvalue weighted by Crippen LogP contribution is 2.17. The highest BCUT2D eigenvalue weighted by atomic mass is 32.2. The van der Waals surface area contributed by atoms with Crippen LogP contribution in [0.3, 0.4) is 0 Å². The molecule has 0 radical (unpaired) electrons. The monoisotopic (exact) mass is 303 g/mol. The number of aryl methyl sites for hydroxylation is 1. The Kier molecular flexibility index (Phi) is 6.10. The molecule has 4 nitrogen and oxygen atoms in total. The third kappa shape index (κ3) is 4.26. The second kappa shape index (κ2) is 7.15. The van der Waals surface area contributed by atoms with Crippen molar-refractivity contribution in [2.45, 2.75) is 44.6 Å². The van der Waals surface area contributed by atoms with Crippen molar-refractivity contribution in [1.29, 1.82) is 0 Å². The molecule has 6 heteroatoms. The standard InChI is InChI=1S/C14H22FNO3S/c1-4-11(5-2)13(17)9-16-20(18,19)14-7-6-12(15)8-10(14)3/h6-8,11,13,16-17H,4-5,9H2,1-3H3. The molecule has 0 saturated carbocycles. The van der Waals surface area contributed by atoms with Crippen molar-refractivity contribution in [3.05, 3.63) is 29.6 Å². The summed E-state index contributed by atoms with van der Waals surface area (Å²) in [6, 6.07) is 3.52. The lowest BCUT2D eigenvalue weighted by molar-refractivity contribution is 0.107. The van der Waals surface area contributed by atoms with Crippen LogP contribution >= 0.6 is 0 Å². The molecule has 0 spiro atoms. The van der Waals surface area contributed by atoms with Gasteiger partial charge in [-0.1, -0.05) is 26.7 Å². The maximum atomic E-state index is 13.0. The van der Waals surface area contributed by atoms with Crippen molar-refractivity contribution in [3.8, 4) is 0 Å². The van der Waals surface area contributed by atoms with E-state index in [1.54, 1.807) is 0 Å². The van der Waals surface area contributed by atoms with E-state index in [1.807, 2.05) is 13.8 Å². The van der Waals surface area contributed by atoms with Gasteiger partial charge < -0.3 is 5.11 Å². The summed E-state index contributed by atoms with van der Waals surface area (Å²) >= 11 is 0. The fraction of sp³-hybridized carbons (Fsp3) is 0.571. The predicted molar refractivity (Wildman–Crippen MR) is 76.4 cm³/mol. The Hall–Kier alpha value is -0.980. The van der Waals surface area contributed by atoms with Crippen molar-refractivity contribution >= 4 is 10.0 Å². The first-order valence-electron chi connectivity index (χ1n) is 6.75. The van der Waals surface area contributed by atoms with E-state index in [4.69, 9.17) is 0 Å². The van der Waals surface area contributed by atoms with Gasteiger partial charge in [0, 0.05) is 6.54 Å². The molecule has 1 aromatic carbocycles. The largest absolute Gasteiger partial charge is 0.391 e. The summed E-state index contributed by atoms with van der Waals surface area (Å²) in [5.74, 6) is -0.412. The molecule has 1 aromatic rings. The van der Waals surface area contributed by atoms with Gasteiger partial charge in [0.25, 0.3) is 0 Å². The first-order valence-corrected chi connectivity index (χ1v) is 8.24. The molecule has 2 N–H and O–H groups in total. The molecule has 0 fully saturated rings. The van der Waals surface area contributed by atoms with Crippen LogP contribution in [0.1, 0.15) is 32.3 Å². The van der Waals surface area contributed by atoms with E-state index in [0.717, 1.165) is 18.9 Å². The minimum absolute atomic E-state index is 0.0362. The Labute approximate surface area is 120 Å². The molecule has 0 aromatic heterocycles. The van der Waals surface area contributed by atoms with Crippen LogP contribution in [-0.4, -0.2) is 26.2 Å². The first-order chi connectivity index (χ1) is 9.31. The third-order valence-corrected chi connectivity index (χ3v) is 5.09. The van der Waals surface area contributed by atoms with E-state index < -0.39 is 21.9 Å². The summed E-state index contributed by atoms with van der Waals surface area (Å²) < 4.78 is 39.6. The predicted octanol–water partition coefficient (Wildman–Crippen LogP) is 2.21. The zero-order valence-corrected chi connectivity index (χ0v) is 12.9. The SMILES string of the molecule is CCC(CC)C(O)CNS(=O)(=O)c1ccc(F)cc1C. The van der Waals surface area contributed by atoms with E-state index in [-0.39, 0.29) is 17.4 Å². The van der Waals surface area contributed by atoms with Gasteiger partial charge in [0.05, 0.1) is 11.0 Å². The Balaban J connectivity index is 2.80. The molecule has 0 aliphatic rings. The lowest BCUT2D eigenvalue weighted by Crippen LogP contribution is -2.36. The lowest BCUT2D eigenvalue weighted by atomic mass is 9.97. The second-order valence-corrected chi connectivity index (χ2v) is 6.64. The maximum Gasteiger partial charge on any atom is 0.240 e. The minimum atomic E-state index is -3.73. The number of hydrogen-bond donors (Lipinski definition) is 2. The van der Waals surface area contributed by atoms with Crippen molar-refractivity contribution < 1.29 is 17.9 Å². The van der Waals surface area contributed by atoms with Crippen molar-refractivity contribution in [2.24, 2.45) is 5.92 Å². The Bertz CT molecular complexity index is 541. The summed E-state index contributed by atoms with van der Waals surface area (Å²) in [7, 11) is -3.73. The summed E-state index contributed by atoms with van der Waals surface area (Å²) in [6.45, 7) is 5.41. The molecular weight excluding hydrogens is 281 g/mol. The average Bonchev–Trinajstić information content (AvgIpc) is 2.37. The first kappa shape index (κ1) is 17.1. The molecule has 0 aliphatic carbocycles. The van der Waals surface area contributed by atoms with Crippen molar-refractivity contribution in [1.82, 2.24) is 4.72 Å². The van der Waals surface area contributed by atoms with Gasteiger partial charge in [-0.2, -0.15) is 0 Å². The van der Waals surface area contributed by atoms with Gasteiger partial charge in [0.2, 0.25) is 10.0 Å². The normalized spacial score (nSPS) is 13.7. The number of nitrogens with one attached hydrogen (secondary N) is 1. The van der Waals surface area contributed by atoms with Crippen LogP contribution in [0, 0.1) is 18.7 Å². The van der Waals surface area contributed by atoms with Crippen LogP contribution in [0.4, 0.5) is 4.39 Å². The van der Waals surface area contributed by atoms with E-state index in [1.165, 1.54) is 19.1 Å². The van der Waals surface area contributed by atoms with Gasteiger partial charge >= 0.3 is 0 Å².